The van der Waals surface area contributed by atoms with Gasteiger partial charge in [0.2, 0.25) is 0 Å². The van der Waals surface area contributed by atoms with E-state index in [0.717, 1.165) is 17.8 Å². The molecule has 1 heterocycles. The van der Waals surface area contributed by atoms with Crippen LogP contribution in [0, 0.1) is 11.6 Å². The minimum absolute atomic E-state index is 0.298. The number of thiazole rings is 1. The minimum Gasteiger partial charge on any atom is -0.493 e. The molecule has 6 heteroatoms. The third-order valence-electron chi connectivity index (χ3n) is 2.09. The highest BCUT2D eigenvalue weighted by molar-refractivity contribution is 7.13. The average molecular weight is 256 g/mol. The number of halogens is 2. The maximum Gasteiger partial charge on any atom is 0.180 e. The monoisotopic (exact) mass is 256 g/mol. The number of nitrogens with zero attached hydrogens (tertiary/aromatic N) is 1. The normalized spacial score (nSPS) is 10.5. The van der Waals surface area contributed by atoms with Crippen LogP contribution in [0.5, 0.6) is 5.75 Å². The van der Waals surface area contributed by atoms with Crippen molar-refractivity contribution < 1.29 is 13.5 Å². The first-order valence-electron chi connectivity index (χ1n) is 4.93. The van der Waals surface area contributed by atoms with Gasteiger partial charge in [-0.2, -0.15) is 0 Å². The van der Waals surface area contributed by atoms with E-state index in [2.05, 4.69) is 4.98 Å². The van der Waals surface area contributed by atoms with Crippen molar-refractivity contribution in [2.45, 2.75) is 6.42 Å². The Morgan fingerprint density at radius 1 is 1.29 bits per heavy atom. The predicted molar refractivity (Wildman–Crippen MR) is 62.1 cm³/mol. The molecule has 0 bridgehead atoms. The molecule has 0 saturated heterocycles. The van der Waals surface area contributed by atoms with Gasteiger partial charge in [0.05, 0.1) is 12.3 Å². The molecule has 0 spiro atoms. The Morgan fingerprint density at radius 3 is 2.76 bits per heavy atom. The van der Waals surface area contributed by atoms with E-state index in [4.69, 9.17) is 10.5 Å². The fourth-order valence-electron chi connectivity index (χ4n) is 1.28. The van der Waals surface area contributed by atoms with Crippen molar-refractivity contribution in [1.82, 2.24) is 4.98 Å². The second kappa shape index (κ2) is 5.09. The van der Waals surface area contributed by atoms with Gasteiger partial charge < -0.3 is 10.5 Å². The molecule has 0 fully saturated rings. The Morgan fingerprint density at radius 2 is 2.12 bits per heavy atom. The van der Waals surface area contributed by atoms with Gasteiger partial charge in [0, 0.05) is 17.9 Å². The van der Waals surface area contributed by atoms with E-state index < -0.39 is 11.6 Å². The molecule has 0 unspecified atom stereocenters. The van der Waals surface area contributed by atoms with E-state index in [0.29, 0.717) is 23.9 Å². The van der Waals surface area contributed by atoms with Gasteiger partial charge in [0.25, 0.3) is 0 Å². The van der Waals surface area contributed by atoms with Crippen LogP contribution in [0.2, 0.25) is 0 Å². The summed E-state index contributed by atoms with van der Waals surface area (Å²) < 4.78 is 30.8. The Balaban J connectivity index is 1.87. The summed E-state index contributed by atoms with van der Waals surface area (Å²) in [5.74, 6) is -1.50. The highest BCUT2D eigenvalue weighted by Crippen LogP contribution is 2.16. The molecular formula is C11H10F2N2OS. The molecular weight excluding hydrogens is 246 g/mol. The van der Waals surface area contributed by atoms with Crippen LogP contribution in [0.3, 0.4) is 0 Å². The maximum absolute atomic E-state index is 12.9. The van der Waals surface area contributed by atoms with Crippen LogP contribution in [0.25, 0.3) is 0 Å². The quantitative estimate of drug-likeness (QED) is 0.914. The zero-order chi connectivity index (χ0) is 12.3. The second-order valence-corrected chi connectivity index (χ2v) is 4.24. The molecule has 1 aromatic carbocycles. The van der Waals surface area contributed by atoms with E-state index in [1.165, 1.54) is 17.4 Å². The van der Waals surface area contributed by atoms with Crippen LogP contribution in [0.15, 0.2) is 23.6 Å². The first kappa shape index (κ1) is 11.8. The Labute approximate surface area is 101 Å². The topological polar surface area (TPSA) is 48.1 Å². The van der Waals surface area contributed by atoms with Crippen molar-refractivity contribution in [2.24, 2.45) is 0 Å². The zero-order valence-corrected chi connectivity index (χ0v) is 9.64. The number of aromatic nitrogens is 1. The summed E-state index contributed by atoms with van der Waals surface area (Å²) in [6.45, 7) is 0.342. The van der Waals surface area contributed by atoms with Crippen LogP contribution in [0.4, 0.5) is 13.9 Å². The Kier molecular flexibility index (Phi) is 3.53. The summed E-state index contributed by atoms with van der Waals surface area (Å²) in [4.78, 5) is 4.06. The van der Waals surface area contributed by atoms with Gasteiger partial charge in [-0.1, -0.05) is 0 Å². The number of nitrogens with two attached hydrogens (primary N) is 1. The van der Waals surface area contributed by atoms with Crippen LogP contribution in [-0.4, -0.2) is 11.6 Å². The summed E-state index contributed by atoms with van der Waals surface area (Å²) >= 11 is 1.36. The Bertz CT molecular complexity index is 516. The molecule has 2 N–H and O–H groups in total. The first-order chi connectivity index (χ1) is 8.15. The van der Waals surface area contributed by atoms with E-state index >= 15 is 0 Å². The Hall–Kier alpha value is -1.69. The maximum atomic E-state index is 12.9. The second-order valence-electron chi connectivity index (χ2n) is 3.35. The lowest BCUT2D eigenvalue weighted by Crippen LogP contribution is -2.02. The number of benzene rings is 1. The third-order valence-corrected chi connectivity index (χ3v) is 2.81. The average Bonchev–Trinajstić information content (AvgIpc) is 2.70. The van der Waals surface area contributed by atoms with E-state index in [1.807, 2.05) is 5.38 Å². The summed E-state index contributed by atoms with van der Waals surface area (Å²) in [6.07, 6.45) is 0.576. The van der Waals surface area contributed by atoms with Gasteiger partial charge in [-0.15, -0.1) is 11.3 Å². The van der Waals surface area contributed by atoms with Crippen LogP contribution < -0.4 is 10.5 Å². The molecule has 17 heavy (non-hydrogen) atoms. The molecule has 2 rings (SSSR count). The molecule has 90 valence electrons. The minimum atomic E-state index is -0.916. The molecule has 0 atom stereocenters. The molecule has 0 aliphatic rings. The fourth-order valence-corrected chi connectivity index (χ4v) is 1.87. The van der Waals surface area contributed by atoms with Gasteiger partial charge in [0.1, 0.15) is 5.75 Å². The summed E-state index contributed by atoms with van der Waals surface area (Å²) in [5, 5.41) is 2.34. The number of rotatable bonds is 4. The van der Waals surface area contributed by atoms with E-state index in [1.54, 1.807) is 0 Å². The highest BCUT2D eigenvalue weighted by Gasteiger charge is 2.04. The number of hydrogen-bond donors (Lipinski definition) is 1. The van der Waals surface area contributed by atoms with Crippen LogP contribution >= 0.6 is 11.3 Å². The lowest BCUT2D eigenvalue weighted by Gasteiger charge is -2.04. The zero-order valence-electron chi connectivity index (χ0n) is 8.82. The van der Waals surface area contributed by atoms with E-state index in [9.17, 15) is 8.78 Å². The molecule has 2 aromatic rings. The molecule has 0 saturated carbocycles. The lowest BCUT2D eigenvalue weighted by atomic mass is 10.3. The largest absolute Gasteiger partial charge is 0.493 e. The number of hydrogen-bond acceptors (Lipinski definition) is 4. The smallest absolute Gasteiger partial charge is 0.180 e. The van der Waals surface area contributed by atoms with Crippen molar-refractivity contribution in [3.8, 4) is 5.75 Å². The number of nitrogen functional groups attached to an aromatic ring is 1. The molecule has 1 aromatic heterocycles. The van der Waals surface area contributed by atoms with Gasteiger partial charge in [-0.25, -0.2) is 13.8 Å². The third kappa shape index (κ3) is 3.13. The van der Waals surface area contributed by atoms with E-state index in [-0.39, 0.29) is 0 Å². The fraction of sp³-hybridized carbons (Fsp3) is 0.182. The number of ether oxygens (including phenoxy) is 1. The van der Waals surface area contributed by atoms with Gasteiger partial charge >= 0.3 is 0 Å². The molecule has 0 aliphatic heterocycles. The van der Waals surface area contributed by atoms with Gasteiger partial charge in [-0.05, 0) is 12.1 Å². The highest BCUT2D eigenvalue weighted by atomic mass is 32.1. The van der Waals surface area contributed by atoms with Crippen molar-refractivity contribution in [1.29, 1.82) is 0 Å². The first-order valence-corrected chi connectivity index (χ1v) is 5.81. The SMILES string of the molecule is Nc1nc(CCOc2ccc(F)c(F)c2)cs1. The van der Waals surface area contributed by atoms with Crippen LogP contribution in [0.1, 0.15) is 5.69 Å². The summed E-state index contributed by atoms with van der Waals surface area (Å²) in [6, 6.07) is 3.43. The van der Waals surface area contributed by atoms with Crippen LogP contribution in [-0.2, 0) is 6.42 Å². The predicted octanol–water partition coefficient (Wildman–Crippen LogP) is 2.63. The number of anilines is 1. The molecule has 0 radical (unpaired) electrons. The molecule has 0 amide bonds. The summed E-state index contributed by atoms with van der Waals surface area (Å²) in [5.41, 5.74) is 6.30. The van der Waals surface area contributed by atoms with Gasteiger partial charge in [0.15, 0.2) is 16.8 Å². The molecule has 0 aliphatic carbocycles. The lowest BCUT2D eigenvalue weighted by molar-refractivity contribution is 0.317. The summed E-state index contributed by atoms with van der Waals surface area (Å²) in [7, 11) is 0. The van der Waals surface area contributed by atoms with Crippen molar-refractivity contribution in [3.05, 3.63) is 40.9 Å². The van der Waals surface area contributed by atoms with Gasteiger partial charge in [-0.3, -0.25) is 0 Å². The standard InChI is InChI=1S/C11H10F2N2OS/c12-9-2-1-8(5-10(9)13)16-4-3-7-6-17-11(14)15-7/h1-2,5-6H,3-4H2,(H2,14,15). The van der Waals surface area contributed by atoms with Crippen molar-refractivity contribution in [2.75, 3.05) is 12.3 Å². The van der Waals surface area contributed by atoms with Crippen molar-refractivity contribution in [3.63, 3.8) is 0 Å². The molecule has 3 nitrogen and oxygen atoms in total. The van der Waals surface area contributed by atoms with Crippen molar-refractivity contribution >= 4 is 16.5 Å².